The Kier molecular flexibility index (Phi) is 6.04. The van der Waals surface area contributed by atoms with Crippen LogP contribution in [0.5, 0.6) is 5.75 Å². The first-order valence-electron chi connectivity index (χ1n) is 12.8. The average Bonchev–Trinajstić information content (AvgIpc) is 3.44. The van der Waals surface area contributed by atoms with Crippen molar-refractivity contribution in [2.75, 3.05) is 24.6 Å². The molecule has 7 nitrogen and oxygen atoms in total. The number of hydrogen-bond acceptors (Lipinski definition) is 7. The van der Waals surface area contributed by atoms with E-state index in [4.69, 9.17) is 16.3 Å². The van der Waals surface area contributed by atoms with E-state index in [1.165, 1.54) is 11.3 Å². The van der Waals surface area contributed by atoms with Gasteiger partial charge < -0.3 is 14.7 Å². The van der Waals surface area contributed by atoms with E-state index >= 15 is 0 Å². The van der Waals surface area contributed by atoms with Gasteiger partial charge in [-0.05, 0) is 64.7 Å². The molecule has 1 saturated heterocycles. The summed E-state index contributed by atoms with van der Waals surface area (Å²) >= 11 is 8.12. The van der Waals surface area contributed by atoms with Crippen molar-refractivity contribution in [3.8, 4) is 16.9 Å². The quantitative estimate of drug-likeness (QED) is 0.457. The van der Waals surface area contributed by atoms with E-state index in [0.29, 0.717) is 24.7 Å². The number of sulfonamides is 1. The van der Waals surface area contributed by atoms with Gasteiger partial charge in [-0.1, -0.05) is 11.6 Å². The highest BCUT2D eigenvalue weighted by Gasteiger charge is 2.57. The van der Waals surface area contributed by atoms with Crippen molar-refractivity contribution >= 4 is 48.9 Å². The maximum atomic E-state index is 13.7. The molecule has 1 atom stereocenters. The van der Waals surface area contributed by atoms with Gasteiger partial charge in [0.15, 0.2) is 0 Å². The van der Waals surface area contributed by atoms with Crippen molar-refractivity contribution in [2.45, 2.75) is 69.4 Å². The molecule has 0 radical (unpaired) electrons. The Labute approximate surface area is 227 Å². The SMILES string of the molecule is CC(C)(C)S(=O)(=O)N1C[C@@H](N2CCOc3cc(Cl)cc(-c4ccnc5cc(CO)sc45)c32)CC12CCC2. The zero-order valence-electron chi connectivity index (χ0n) is 21.3. The summed E-state index contributed by atoms with van der Waals surface area (Å²) in [6.45, 7) is 7.01. The molecule has 6 rings (SSSR count). The number of rotatable bonds is 4. The van der Waals surface area contributed by atoms with Crippen LogP contribution in [0.1, 0.15) is 51.3 Å². The number of benzene rings is 1. The fraction of sp³-hybridized carbons (Fsp3) is 0.519. The smallest absolute Gasteiger partial charge is 0.219 e. The summed E-state index contributed by atoms with van der Waals surface area (Å²) in [5.74, 6) is 0.720. The van der Waals surface area contributed by atoms with E-state index in [0.717, 1.165) is 63.3 Å². The number of aliphatic hydroxyl groups excluding tert-OH is 1. The summed E-state index contributed by atoms with van der Waals surface area (Å²) in [5.41, 5.74) is 3.42. The molecule has 3 aromatic rings. The third-order valence-electron chi connectivity index (χ3n) is 8.14. The average molecular weight is 562 g/mol. The summed E-state index contributed by atoms with van der Waals surface area (Å²) in [6, 6.07) is 7.76. The Morgan fingerprint density at radius 2 is 2.03 bits per heavy atom. The number of thiophene rings is 1. The van der Waals surface area contributed by atoms with Crippen LogP contribution >= 0.6 is 22.9 Å². The topological polar surface area (TPSA) is 83.0 Å². The lowest BCUT2D eigenvalue weighted by Crippen LogP contribution is -2.56. The second-order valence-electron chi connectivity index (χ2n) is 11.4. The lowest BCUT2D eigenvalue weighted by atomic mass is 9.75. The van der Waals surface area contributed by atoms with Crippen molar-refractivity contribution in [3.05, 3.63) is 40.4 Å². The highest BCUT2D eigenvalue weighted by molar-refractivity contribution is 7.90. The highest BCUT2D eigenvalue weighted by atomic mass is 35.5. The standard InChI is InChI=1S/C27H32ClN3O4S2/c1-26(2,3)37(33,34)31-15-18(14-27(31)6-4-7-27)30-9-10-35-23-12-17(28)11-21(24(23)30)20-5-8-29-22-13-19(16-32)36-25(20)22/h5,8,11-13,18,32H,4,6-7,9-10,14-16H2,1-3H3/t18-/m0/s1. The largest absolute Gasteiger partial charge is 0.489 e. The van der Waals surface area contributed by atoms with Crippen LogP contribution in [0.15, 0.2) is 30.5 Å². The molecule has 1 aliphatic carbocycles. The predicted octanol–water partition coefficient (Wildman–Crippen LogP) is 5.43. The third-order valence-corrected chi connectivity index (χ3v) is 12.2. The van der Waals surface area contributed by atoms with E-state index in [1.807, 2.05) is 28.6 Å². The summed E-state index contributed by atoms with van der Waals surface area (Å²) in [7, 11) is -3.47. The molecule has 3 aliphatic rings. The number of pyridine rings is 1. The molecular weight excluding hydrogens is 530 g/mol. The van der Waals surface area contributed by atoms with Gasteiger partial charge in [0.25, 0.3) is 0 Å². The molecular formula is C27H32ClN3O4S2. The molecule has 0 amide bonds. The molecule has 2 aromatic heterocycles. The normalized spacial score (nSPS) is 21.8. The number of halogens is 1. The molecule has 4 heterocycles. The van der Waals surface area contributed by atoms with E-state index in [2.05, 4.69) is 9.88 Å². The molecule has 1 N–H and O–H groups in total. The Hall–Kier alpha value is -1.91. The third kappa shape index (κ3) is 3.97. The fourth-order valence-electron chi connectivity index (χ4n) is 6.12. The molecule has 1 aromatic carbocycles. The van der Waals surface area contributed by atoms with Crippen molar-refractivity contribution in [1.82, 2.24) is 9.29 Å². The first kappa shape index (κ1) is 25.4. The number of aliphatic hydroxyl groups is 1. The summed E-state index contributed by atoms with van der Waals surface area (Å²) in [4.78, 5) is 7.72. The van der Waals surface area contributed by atoms with Gasteiger partial charge in [-0.15, -0.1) is 11.3 Å². The Bertz CT molecular complexity index is 1480. The van der Waals surface area contributed by atoms with Gasteiger partial charge in [-0.25, -0.2) is 8.42 Å². The minimum absolute atomic E-state index is 0.0358. The van der Waals surface area contributed by atoms with Gasteiger partial charge in [-0.3, -0.25) is 4.98 Å². The molecule has 198 valence electrons. The maximum absolute atomic E-state index is 13.7. The Morgan fingerprint density at radius 3 is 2.70 bits per heavy atom. The van der Waals surface area contributed by atoms with Crippen LogP contribution in [0.25, 0.3) is 21.3 Å². The highest BCUT2D eigenvalue weighted by Crippen LogP contribution is 2.53. The van der Waals surface area contributed by atoms with Crippen LogP contribution in [0.3, 0.4) is 0 Å². The minimum atomic E-state index is -3.47. The maximum Gasteiger partial charge on any atom is 0.219 e. The van der Waals surface area contributed by atoms with E-state index in [9.17, 15) is 13.5 Å². The van der Waals surface area contributed by atoms with Gasteiger partial charge in [0.1, 0.15) is 12.4 Å². The van der Waals surface area contributed by atoms with Gasteiger partial charge in [0.05, 0.1) is 33.8 Å². The second-order valence-corrected chi connectivity index (χ2v) is 15.6. The summed E-state index contributed by atoms with van der Waals surface area (Å²) in [6.07, 6.45) is 5.47. The lowest BCUT2D eigenvalue weighted by molar-refractivity contribution is 0.125. The second kappa shape index (κ2) is 8.81. The van der Waals surface area contributed by atoms with Crippen molar-refractivity contribution in [3.63, 3.8) is 0 Å². The Morgan fingerprint density at radius 1 is 1.24 bits per heavy atom. The summed E-state index contributed by atoms with van der Waals surface area (Å²) in [5, 5.41) is 10.3. The lowest BCUT2D eigenvalue weighted by Gasteiger charge is -2.46. The predicted molar refractivity (Wildman–Crippen MR) is 149 cm³/mol. The zero-order valence-corrected chi connectivity index (χ0v) is 23.7. The van der Waals surface area contributed by atoms with Gasteiger partial charge in [-0.2, -0.15) is 4.31 Å². The number of nitrogens with zero attached hydrogens (tertiary/aromatic N) is 3. The van der Waals surface area contributed by atoms with E-state index < -0.39 is 14.8 Å². The van der Waals surface area contributed by atoms with Gasteiger partial charge in [0, 0.05) is 51.4 Å². The summed E-state index contributed by atoms with van der Waals surface area (Å²) < 4.78 is 35.5. The molecule has 2 fully saturated rings. The van der Waals surface area contributed by atoms with Crippen LogP contribution in [0.4, 0.5) is 5.69 Å². The number of hydrogen-bond donors (Lipinski definition) is 1. The molecule has 0 unspecified atom stereocenters. The molecule has 37 heavy (non-hydrogen) atoms. The van der Waals surface area contributed by atoms with Crippen molar-refractivity contribution in [2.24, 2.45) is 0 Å². The monoisotopic (exact) mass is 561 g/mol. The molecule has 0 bridgehead atoms. The van der Waals surface area contributed by atoms with Gasteiger partial charge >= 0.3 is 0 Å². The van der Waals surface area contributed by atoms with E-state index in [1.54, 1.807) is 27.0 Å². The molecule has 2 aliphatic heterocycles. The van der Waals surface area contributed by atoms with Crippen LogP contribution in [0, 0.1) is 0 Å². The number of aromatic nitrogens is 1. The molecule has 10 heteroatoms. The number of anilines is 1. The fourth-order valence-corrected chi connectivity index (χ4v) is 9.12. The molecule has 1 spiro atoms. The van der Waals surface area contributed by atoms with Crippen LogP contribution in [-0.4, -0.2) is 58.8 Å². The first-order valence-corrected chi connectivity index (χ1v) is 15.4. The van der Waals surface area contributed by atoms with Crippen LogP contribution in [0.2, 0.25) is 5.02 Å². The van der Waals surface area contributed by atoms with Gasteiger partial charge in [0.2, 0.25) is 10.0 Å². The van der Waals surface area contributed by atoms with Crippen molar-refractivity contribution < 1.29 is 18.3 Å². The van der Waals surface area contributed by atoms with Crippen LogP contribution in [-0.2, 0) is 16.6 Å². The van der Waals surface area contributed by atoms with E-state index in [-0.39, 0.29) is 18.2 Å². The minimum Gasteiger partial charge on any atom is -0.489 e. The van der Waals surface area contributed by atoms with Crippen LogP contribution < -0.4 is 9.64 Å². The zero-order chi connectivity index (χ0) is 26.2. The first-order chi connectivity index (χ1) is 17.5. The number of fused-ring (bicyclic) bond motifs is 2. The van der Waals surface area contributed by atoms with Crippen molar-refractivity contribution in [1.29, 1.82) is 0 Å². The number of ether oxygens (including phenoxy) is 1. The molecule has 1 saturated carbocycles. The Balaban J connectivity index is 1.47.